The van der Waals surface area contributed by atoms with Gasteiger partial charge < -0.3 is 10.4 Å². The summed E-state index contributed by atoms with van der Waals surface area (Å²) < 4.78 is 0. The van der Waals surface area contributed by atoms with E-state index in [-0.39, 0.29) is 24.0 Å². The second kappa shape index (κ2) is 7.42. The maximum absolute atomic E-state index is 11.4. The molecule has 2 N–H and O–H groups in total. The highest BCUT2D eigenvalue weighted by Crippen LogP contribution is 2.24. The highest BCUT2D eigenvalue weighted by Gasteiger charge is 2.19. The summed E-state index contributed by atoms with van der Waals surface area (Å²) in [5.41, 5.74) is 1.30. The minimum absolute atomic E-state index is 0. The van der Waals surface area contributed by atoms with Crippen LogP contribution in [0.25, 0.3) is 11.4 Å². The first-order valence-electron chi connectivity index (χ1n) is 6.53. The molecule has 0 bridgehead atoms. The molecule has 0 aliphatic heterocycles. The Labute approximate surface area is 140 Å². The van der Waals surface area contributed by atoms with Crippen LogP contribution in [0.1, 0.15) is 29.9 Å². The molecule has 0 aliphatic carbocycles. The third kappa shape index (κ3) is 4.08. The Balaban J connectivity index is 0.00000242. The molecule has 2 rings (SSSR count). The fourth-order valence-corrected chi connectivity index (χ4v) is 2.06. The number of nitrogens with one attached hydrogen (secondary N) is 1. The van der Waals surface area contributed by atoms with Crippen LogP contribution >= 0.6 is 24.0 Å². The van der Waals surface area contributed by atoms with Crippen molar-refractivity contribution >= 4 is 35.8 Å². The topological polar surface area (TPSA) is 75.1 Å². The predicted octanol–water partition coefficient (Wildman–Crippen LogP) is 4.05. The van der Waals surface area contributed by atoms with Gasteiger partial charge >= 0.3 is 5.97 Å². The number of halogens is 2. The van der Waals surface area contributed by atoms with Gasteiger partial charge in [0.1, 0.15) is 11.4 Å². The summed E-state index contributed by atoms with van der Waals surface area (Å²) in [5, 5.41) is 13.0. The van der Waals surface area contributed by atoms with E-state index in [0.717, 1.165) is 5.56 Å². The fraction of sp³-hybridized carbons (Fsp3) is 0.267. The summed E-state index contributed by atoms with van der Waals surface area (Å²) in [6, 6.07) is 7.16. The molecule has 2 aromatic rings. The third-order valence-corrected chi connectivity index (χ3v) is 3.08. The van der Waals surface area contributed by atoms with Gasteiger partial charge in [-0.25, -0.2) is 14.8 Å². The van der Waals surface area contributed by atoms with E-state index in [4.69, 9.17) is 11.6 Å². The lowest BCUT2D eigenvalue weighted by Crippen LogP contribution is -2.17. The highest BCUT2D eigenvalue weighted by atomic mass is 35.5. The average Bonchev–Trinajstić information content (AvgIpc) is 2.37. The number of nitrogens with zero attached hydrogens (tertiary/aromatic N) is 2. The molecule has 0 amide bonds. The van der Waals surface area contributed by atoms with Gasteiger partial charge in [0.25, 0.3) is 0 Å². The Morgan fingerprint density at radius 3 is 2.32 bits per heavy atom. The Hall–Kier alpha value is -1.85. The molecular weight excluding hydrogens is 325 g/mol. The molecular formula is C15H17Cl2N3O2. The number of hydrogen-bond acceptors (Lipinski definition) is 4. The molecule has 0 spiro atoms. The minimum Gasteiger partial charge on any atom is -0.477 e. The van der Waals surface area contributed by atoms with E-state index in [0.29, 0.717) is 22.4 Å². The standard InChI is InChI=1S/C15H16ClN3O2.ClH/c1-8(2)17-14-12(15(20)21)9(3)18-13(19-14)10-4-6-11(16)7-5-10;/h4-8H,1-3H3,(H,20,21)(H,17,18,19);1H. The molecule has 1 aromatic carbocycles. The van der Waals surface area contributed by atoms with Crippen LogP contribution in [-0.2, 0) is 0 Å². The molecule has 0 unspecified atom stereocenters. The first-order chi connectivity index (χ1) is 9.88. The maximum Gasteiger partial charge on any atom is 0.341 e. The van der Waals surface area contributed by atoms with E-state index in [1.165, 1.54) is 0 Å². The molecule has 0 fully saturated rings. The molecule has 7 heteroatoms. The lowest BCUT2D eigenvalue weighted by molar-refractivity contribution is 0.0696. The Morgan fingerprint density at radius 1 is 1.23 bits per heavy atom. The zero-order valence-electron chi connectivity index (χ0n) is 12.4. The number of hydrogen-bond donors (Lipinski definition) is 2. The number of carbonyl (C=O) groups is 1. The monoisotopic (exact) mass is 341 g/mol. The Kier molecular flexibility index (Phi) is 6.14. The summed E-state index contributed by atoms with van der Waals surface area (Å²) in [4.78, 5) is 20.0. The van der Waals surface area contributed by atoms with Crippen molar-refractivity contribution in [3.05, 3.63) is 40.5 Å². The molecule has 118 valence electrons. The first kappa shape index (κ1) is 18.2. The minimum atomic E-state index is -1.04. The van der Waals surface area contributed by atoms with E-state index < -0.39 is 5.97 Å². The fourth-order valence-electron chi connectivity index (χ4n) is 1.93. The van der Waals surface area contributed by atoms with Crippen LogP contribution in [0.5, 0.6) is 0 Å². The zero-order chi connectivity index (χ0) is 15.6. The van der Waals surface area contributed by atoms with E-state index >= 15 is 0 Å². The van der Waals surface area contributed by atoms with Crippen LogP contribution in [0.4, 0.5) is 5.82 Å². The van der Waals surface area contributed by atoms with E-state index in [9.17, 15) is 9.90 Å². The van der Waals surface area contributed by atoms with Crippen LogP contribution in [0.2, 0.25) is 5.02 Å². The molecule has 0 saturated heterocycles. The van der Waals surface area contributed by atoms with Crippen LogP contribution in [0.3, 0.4) is 0 Å². The number of anilines is 1. The van der Waals surface area contributed by atoms with Crippen molar-refractivity contribution in [3.63, 3.8) is 0 Å². The van der Waals surface area contributed by atoms with Crippen LogP contribution < -0.4 is 5.32 Å². The van der Waals surface area contributed by atoms with E-state index in [1.54, 1.807) is 31.2 Å². The number of benzene rings is 1. The summed E-state index contributed by atoms with van der Waals surface area (Å²) >= 11 is 5.87. The molecule has 0 saturated carbocycles. The van der Waals surface area contributed by atoms with E-state index in [1.807, 2.05) is 13.8 Å². The quantitative estimate of drug-likeness (QED) is 0.877. The second-order valence-electron chi connectivity index (χ2n) is 4.97. The molecule has 0 radical (unpaired) electrons. The number of rotatable bonds is 4. The number of aryl methyl sites for hydroxylation is 1. The second-order valence-corrected chi connectivity index (χ2v) is 5.40. The van der Waals surface area contributed by atoms with Gasteiger partial charge in [0.2, 0.25) is 0 Å². The molecule has 0 aliphatic rings. The lowest BCUT2D eigenvalue weighted by Gasteiger charge is -2.14. The summed E-state index contributed by atoms with van der Waals surface area (Å²) in [6.07, 6.45) is 0. The van der Waals surface area contributed by atoms with Crippen molar-refractivity contribution in [2.45, 2.75) is 26.8 Å². The summed E-state index contributed by atoms with van der Waals surface area (Å²) in [7, 11) is 0. The highest BCUT2D eigenvalue weighted by molar-refractivity contribution is 6.30. The SMILES string of the molecule is Cc1nc(-c2ccc(Cl)cc2)nc(NC(C)C)c1C(=O)O.Cl. The van der Waals surface area contributed by atoms with Gasteiger partial charge in [-0.2, -0.15) is 0 Å². The zero-order valence-corrected chi connectivity index (χ0v) is 14.0. The van der Waals surface area contributed by atoms with Gasteiger partial charge in [0, 0.05) is 16.6 Å². The van der Waals surface area contributed by atoms with Crippen molar-refractivity contribution in [3.8, 4) is 11.4 Å². The van der Waals surface area contributed by atoms with Gasteiger partial charge in [-0.3, -0.25) is 0 Å². The van der Waals surface area contributed by atoms with Crippen LogP contribution in [-0.4, -0.2) is 27.1 Å². The maximum atomic E-state index is 11.4. The average molecular weight is 342 g/mol. The normalized spacial score (nSPS) is 10.2. The largest absolute Gasteiger partial charge is 0.477 e. The van der Waals surface area contributed by atoms with Gasteiger partial charge in [-0.1, -0.05) is 11.6 Å². The number of carboxylic acids is 1. The van der Waals surface area contributed by atoms with Crippen LogP contribution in [0.15, 0.2) is 24.3 Å². The van der Waals surface area contributed by atoms with Crippen molar-refractivity contribution in [1.29, 1.82) is 0 Å². The Bertz CT molecular complexity index is 673. The lowest BCUT2D eigenvalue weighted by atomic mass is 10.1. The van der Waals surface area contributed by atoms with Crippen molar-refractivity contribution in [2.75, 3.05) is 5.32 Å². The van der Waals surface area contributed by atoms with Crippen molar-refractivity contribution < 1.29 is 9.90 Å². The number of aromatic nitrogens is 2. The predicted molar refractivity (Wildman–Crippen MR) is 90.2 cm³/mol. The van der Waals surface area contributed by atoms with Crippen molar-refractivity contribution in [1.82, 2.24) is 9.97 Å². The third-order valence-electron chi connectivity index (χ3n) is 2.83. The molecule has 0 atom stereocenters. The number of aromatic carboxylic acids is 1. The van der Waals surface area contributed by atoms with Gasteiger partial charge in [0.05, 0.1) is 5.69 Å². The number of carboxylic acid groups (broad SMARTS) is 1. The molecule has 22 heavy (non-hydrogen) atoms. The Morgan fingerprint density at radius 2 is 1.82 bits per heavy atom. The molecule has 1 aromatic heterocycles. The summed E-state index contributed by atoms with van der Waals surface area (Å²) in [5.74, 6) is -0.245. The first-order valence-corrected chi connectivity index (χ1v) is 6.90. The van der Waals surface area contributed by atoms with Gasteiger partial charge in [0.15, 0.2) is 5.82 Å². The van der Waals surface area contributed by atoms with Crippen LogP contribution in [0, 0.1) is 6.92 Å². The van der Waals surface area contributed by atoms with Crippen molar-refractivity contribution in [2.24, 2.45) is 0 Å². The van der Waals surface area contributed by atoms with E-state index in [2.05, 4.69) is 15.3 Å². The molecule has 5 nitrogen and oxygen atoms in total. The van der Waals surface area contributed by atoms with Gasteiger partial charge in [-0.05, 0) is 45.0 Å². The summed E-state index contributed by atoms with van der Waals surface area (Å²) in [6.45, 7) is 5.51. The smallest absolute Gasteiger partial charge is 0.341 e. The van der Waals surface area contributed by atoms with Gasteiger partial charge in [-0.15, -0.1) is 12.4 Å². The molecule has 1 heterocycles.